The lowest BCUT2D eigenvalue weighted by molar-refractivity contribution is 0.706. The molecule has 0 saturated heterocycles. The highest BCUT2D eigenvalue weighted by Gasteiger charge is 1.92. The first-order valence-electron chi connectivity index (χ1n) is 4.51. The second-order valence-electron chi connectivity index (χ2n) is 3.00. The third kappa shape index (κ3) is 2.91. The lowest BCUT2D eigenvalue weighted by Gasteiger charge is -1.98. The minimum absolute atomic E-state index is 0.00370. The molecule has 0 radical (unpaired) electrons. The molecule has 1 N–H and O–H groups in total. The fourth-order valence-corrected chi connectivity index (χ4v) is 1.20. The number of pyridine rings is 1. The molecule has 0 saturated carbocycles. The molecule has 0 unspecified atom stereocenters. The molecule has 2 heteroatoms. The Hall–Kier alpha value is -1.05. The van der Waals surface area contributed by atoms with Gasteiger partial charge in [0.25, 0.3) is 0 Å². The minimum Gasteiger partial charge on any atom is -0.326 e. The molecule has 1 aromatic heterocycles. The van der Waals surface area contributed by atoms with Crippen molar-refractivity contribution in [3.05, 3.63) is 34.2 Å². The summed E-state index contributed by atoms with van der Waals surface area (Å²) < 4.78 is 0. The smallest absolute Gasteiger partial charge is 0.248 e. The van der Waals surface area contributed by atoms with Crippen molar-refractivity contribution in [1.29, 1.82) is 0 Å². The topological polar surface area (TPSA) is 32.9 Å². The molecule has 0 bridgehead atoms. The first-order valence-corrected chi connectivity index (χ1v) is 4.51. The summed E-state index contributed by atoms with van der Waals surface area (Å²) in [7, 11) is 0. The van der Waals surface area contributed by atoms with Crippen LogP contribution in [0.1, 0.15) is 31.9 Å². The molecule has 0 aliphatic heterocycles. The molecule has 0 fully saturated rings. The van der Waals surface area contributed by atoms with E-state index in [9.17, 15) is 4.79 Å². The lowest BCUT2D eigenvalue weighted by Crippen LogP contribution is -2.05. The number of rotatable bonds is 4. The highest BCUT2D eigenvalue weighted by molar-refractivity contribution is 5.03. The van der Waals surface area contributed by atoms with Crippen LogP contribution >= 0.6 is 0 Å². The van der Waals surface area contributed by atoms with Gasteiger partial charge in [0.05, 0.1) is 0 Å². The van der Waals surface area contributed by atoms with Gasteiger partial charge in [0, 0.05) is 11.8 Å². The average Bonchev–Trinajstić information content (AvgIpc) is 2.05. The SMILES string of the molecule is CCCCCc1cccc(=O)[nH]1. The van der Waals surface area contributed by atoms with E-state index in [0.717, 1.165) is 18.5 Å². The third-order valence-corrected chi connectivity index (χ3v) is 1.88. The molecule has 1 heterocycles. The normalized spacial score (nSPS) is 10.1. The van der Waals surface area contributed by atoms with Gasteiger partial charge in [-0.1, -0.05) is 25.8 Å². The largest absolute Gasteiger partial charge is 0.326 e. The fourth-order valence-electron chi connectivity index (χ4n) is 1.20. The molecular formula is C10H15NO. The summed E-state index contributed by atoms with van der Waals surface area (Å²) in [5.74, 6) is 0. The Balaban J connectivity index is 2.47. The summed E-state index contributed by atoms with van der Waals surface area (Å²) in [5, 5.41) is 0. The van der Waals surface area contributed by atoms with Crippen LogP contribution in [0.2, 0.25) is 0 Å². The second-order valence-corrected chi connectivity index (χ2v) is 3.00. The van der Waals surface area contributed by atoms with E-state index in [1.807, 2.05) is 6.07 Å². The highest BCUT2D eigenvalue weighted by atomic mass is 16.1. The van der Waals surface area contributed by atoms with Crippen LogP contribution in [0.3, 0.4) is 0 Å². The van der Waals surface area contributed by atoms with Gasteiger partial charge in [-0.15, -0.1) is 0 Å². The number of aromatic nitrogens is 1. The average molecular weight is 165 g/mol. The molecule has 12 heavy (non-hydrogen) atoms. The Morgan fingerprint density at radius 2 is 2.17 bits per heavy atom. The van der Waals surface area contributed by atoms with Gasteiger partial charge in [-0.3, -0.25) is 4.79 Å². The van der Waals surface area contributed by atoms with Crippen LogP contribution in [0.25, 0.3) is 0 Å². The maximum Gasteiger partial charge on any atom is 0.248 e. The minimum atomic E-state index is 0.00370. The van der Waals surface area contributed by atoms with E-state index in [1.165, 1.54) is 12.8 Å². The quantitative estimate of drug-likeness (QED) is 0.681. The first kappa shape index (κ1) is 9.04. The van der Waals surface area contributed by atoms with Gasteiger partial charge in [0.2, 0.25) is 5.56 Å². The van der Waals surface area contributed by atoms with E-state index in [2.05, 4.69) is 11.9 Å². The molecule has 0 aliphatic rings. The summed E-state index contributed by atoms with van der Waals surface area (Å²) in [6, 6.07) is 5.32. The summed E-state index contributed by atoms with van der Waals surface area (Å²) >= 11 is 0. The van der Waals surface area contributed by atoms with Crippen molar-refractivity contribution < 1.29 is 0 Å². The van der Waals surface area contributed by atoms with Crippen molar-refractivity contribution >= 4 is 0 Å². The van der Waals surface area contributed by atoms with Crippen LogP contribution in [0, 0.1) is 0 Å². The van der Waals surface area contributed by atoms with Crippen molar-refractivity contribution in [1.82, 2.24) is 4.98 Å². The summed E-state index contributed by atoms with van der Waals surface area (Å²) in [6.45, 7) is 2.17. The van der Waals surface area contributed by atoms with E-state index in [0.29, 0.717) is 0 Å². The maximum atomic E-state index is 10.9. The zero-order valence-electron chi connectivity index (χ0n) is 7.47. The fraction of sp³-hybridized carbons (Fsp3) is 0.500. The molecule has 66 valence electrons. The van der Waals surface area contributed by atoms with Crippen LogP contribution in [-0.2, 0) is 6.42 Å². The van der Waals surface area contributed by atoms with Gasteiger partial charge in [0.15, 0.2) is 0 Å². The number of hydrogen-bond acceptors (Lipinski definition) is 1. The molecule has 0 atom stereocenters. The second kappa shape index (κ2) is 4.75. The zero-order chi connectivity index (χ0) is 8.81. The molecule has 1 aromatic rings. The maximum absolute atomic E-state index is 10.9. The number of H-pyrrole nitrogens is 1. The van der Waals surface area contributed by atoms with Gasteiger partial charge in [-0.2, -0.15) is 0 Å². The van der Waals surface area contributed by atoms with E-state index >= 15 is 0 Å². The van der Waals surface area contributed by atoms with Gasteiger partial charge >= 0.3 is 0 Å². The molecule has 0 amide bonds. The lowest BCUT2D eigenvalue weighted by atomic mass is 10.1. The summed E-state index contributed by atoms with van der Waals surface area (Å²) in [5.41, 5.74) is 1.06. The van der Waals surface area contributed by atoms with Crippen molar-refractivity contribution in [2.45, 2.75) is 32.6 Å². The number of unbranched alkanes of at least 4 members (excludes halogenated alkanes) is 2. The van der Waals surface area contributed by atoms with Crippen molar-refractivity contribution in [2.24, 2.45) is 0 Å². The number of nitrogens with one attached hydrogen (secondary N) is 1. The first-order chi connectivity index (χ1) is 5.83. The highest BCUT2D eigenvalue weighted by Crippen LogP contribution is 2.01. The van der Waals surface area contributed by atoms with Crippen LogP contribution in [-0.4, -0.2) is 4.98 Å². The third-order valence-electron chi connectivity index (χ3n) is 1.88. The molecular weight excluding hydrogens is 150 g/mol. The predicted octanol–water partition coefficient (Wildman–Crippen LogP) is 2.11. The van der Waals surface area contributed by atoms with Crippen molar-refractivity contribution in [2.75, 3.05) is 0 Å². The number of hydrogen-bond donors (Lipinski definition) is 1. The van der Waals surface area contributed by atoms with Crippen molar-refractivity contribution in [3.63, 3.8) is 0 Å². The summed E-state index contributed by atoms with van der Waals surface area (Å²) in [4.78, 5) is 13.7. The zero-order valence-corrected chi connectivity index (χ0v) is 7.47. The predicted molar refractivity (Wildman–Crippen MR) is 50.3 cm³/mol. The Kier molecular flexibility index (Phi) is 3.58. The molecule has 0 aromatic carbocycles. The van der Waals surface area contributed by atoms with E-state index in [1.54, 1.807) is 12.1 Å². The Morgan fingerprint density at radius 3 is 2.83 bits per heavy atom. The summed E-state index contributed by atoms with van der Waals surface area (Å²) in [6.07, 6.45) is 4.61. The van der Waals surface area contributed by atoms with Crippen LogP contribution in [0.4, 0.5) is 0 Å². The molecule has 1 rings (SSSR count). The Morgan fingerprint density at radius 1 is 1.33 bits per heavy atom. The van der Waals surface area contributed by atoms with Gasteiger partial charge < -0.3 is 4.98 Å². The Labute approximate surface area is 72.6 Å². The number of aryl methyl sites for hydroxylation is 1. The van der Waals surface area contributed by atoms with E-state index in [-0.39, 0.29) is 5.56 Å². The van der Waals surface area contributed by atoms with Crippen molar-refractivity contribution in [3.8, 4) is 0 Å². The van der Waals surface area contributed by atoms with Gasteiger partial charge in [-0.05, 0) is 18.9 Å². The molecule has 2 nitrogen and oxygen atoms in total. The van der Waals surface area contributed by atoms with Gasteiger partial charge in [-0.25, -0.2) is 0 Å². The standard InChI is InChI=1S/C10H15NO/c1-2-3-4-6-9-7-5-8-10(12)11-9/h5,7-8H,2-4,6H2,1H3,(H,11,12). The van der Waals surface area contributed by atoms with Crippen LogP contribution in [0.5, 0.6) is 0 Å². The van der Waals surface area contributed by atoms with Gasteiger partial charge in [0.1, 0.15) is 0 Å². The van der Waals surface area contributed by atoms with Crippen LogP contribution in [0.15, 0.2) is 23.0 Å². The molecule has 0 spiro atoms. The number of aromatic amines is 1. The van der Waals surface area contributed by atoms with E-state index < -0.39 is 0 Å². The molecule has 0 aliphatic carbocycles. The monoisotopic (exact) mass is 165 g/mol. The van der Waals surface area contributed by atoms with E-state index in [4.69, 9.17) is 0 Å². The van der Waals surface area contributed by atoms with Crippen LogP contribution < -0.4 is 5.56 Å². The Bertz CT molecular complexity index is 277.